The Hall–Kier alpha value is -2.37. The highest BCUT2D eigenvalue weighted by atomic mass is 35.5. The number of benzene rings is 2. The average molecular weight is 428 g/mol. The standard InChI is InChI=1S/C24H27ClFN3O/c1-16-24(25)22-8-7-20(27-17(2)30)15-23(22)29(16)21-10-13-28(14-11-21)12-9-18-3-5-19(26)6-4-18/h3-8,15,21H,9-14H2,1-2H3,(H,27,30). The van der Waals surface area contributed by atoms with Gasteiger partial charge in [-0.2, -0.15) is 0 Å². The Morgan fingerprint density at radius 2 is 1.87 bits per heavy atom. The maximum absolute atomic E-state index is 13.1. The molecule has 1 aliphatic heterocycles. The third kappa shape index (κ3) is 4.37. The molecule has 0 saturated carbocycles. The number of anilines is 1. The highest BCUT2D eigenvalue weighted by Gasteiger charge is 2.24. The van der Waals surface area contributed by atoms with E-state index in [0.29, 0.717) is 6.04 Å². The molecule has 3 aromatic rings. The molecule has 0 unspecified atom stereocenters. The minimum absolute atomic E-state index is 0.0789. The molecule has 1 saturated heterocycles. The lowest BCUT2D eigenvalue weighted by molar-refractivity contribution is -0.114. The molecule has 0 bridgehead atoms. The molecule has 1 amide bonds. The van der Waals surface area contributed by atoms with Crippen LogP contribution in [-0.2, 0) is 11.2 Å². The molecule has 0 radical (unpaired) electrons. The maximum atomic E-state index is 13.1. The Balaban J connectivity index is 1.46. The van der Waals surface area contributed by atoms with Gasteiger partial charge in [0.05, 0.1) is 10.5 Å². The molecule has 0 atom stereocenters. The summed E-state index contributed by atoms with van der Waals surface area (Å²) in [5.41, 5.74) is 4.12. The van der Waals surface area contributed by atoms with Crippen LogP contribution in [-0.4, -0.2) is 35.0 Å². The summed E-state index contributed by atoms with van der Waals surface area (Å²) in [5, 5.41) is 4.69. The van der Waals surface area contributed by atoms with Crippen LogP contribution in [0.1, 0.15) is 37.1 Å². The van der Waals surface area contributed by atoms with Gasteiger partial charge in [-0.1, -0.05) is 23.7 Å². The van der Waals surface area contributed by atoms with Crippen molar-refractivity contribution < 1.29 is 9.18 Å². The lowest BCUT2D eigenvalue weighted by atomic mass is 10.0. The third-order valence-electron chi connectivity index (χ3n) is 6.05. The topological polar surface area (TPSA) is 37.3 Å². The Kier molecular flexibility index (Phi) is 6.11. The van der Waals surface area contributed by atoms with E-state index >= 15 is 0 Å². The van der Waals surface area contributed by atoms with Crippen LogP contribution in [0.25, 0.3) is 10.9 Å². The van der Waals surface area contributed by atoms with Crippen molar-refractivity contribution in [3.63, 3.8) is 0 Å². The number of halogens is 2. The van der Waals surface area contributed by atoms with Crippen LogP contribution in [0.5, 0.6) is 0 Å². The maximum Gasteiger partial charge on any atom is 0.221 e. The number of hydrogen-bond acceptors (Lipinski definition) is 2. The Labute approximate surface area is 181 Å². The zero-order valence-electron chi connectivity index (χ0n) is 17.4. The molecule has 0 aliphatic carbocycles. The minimum atomic E-state index is -0.186. The van der Waals surface area contributed by atoms with Crippen molar-refractivity contribution in [3.8, 4) is 0 Å². The summed E-state index contributed by atoms with van der Waals surface area (Å²) in [4.78, 5) is 13.9. The summed E-state index contributed by atoms with van der Waals surface area (Å²) < 4.78 is 15.4. The normalized spacial score (nSPS) is 15.6. The van der Waals surface area contributed by atoms with Crippen molar-refractivity contribution in [2.24, 2.45) is 0 Å². The first-order chi connectivity index (χ1) is 14.4. The van der Waals surface area contributed by atoms with Gasteiger partial charge in [0.25, 0.3) is 0 Å². The number of hydrogen-bond donors (Lipinski definition) is 1. The van der Waals surface area contributed by atoms with Crippen molar-refractivity contribution in [3.05, 3.63) is 64.6 Å². The van der Waals surface area contributed by atoms with E-state index in [2.05, 4.69) is 21.7 Å². The van der Waals surface area contributed by atoms with Crippen LogP contribution in [0, 0.1) is 12.7 Å². The second-order valence-electron chi connectivity index (χ2n) is 8.13. The first-order valence-corrected chi connectivity index (χ1v) is 10.8. The predicted molar refractivity (Wildman–Crippen MR) is 121 cm³/mol. The lowest BCUT2D eigenvalue weighted by Gasteiger charge is -2.34. The Bertz CT molecular complexity index is 1050. The SMILES string of the molecule is CC(=O)Nc1ccc2c(Cl)c(C)n(C3CCN(CCc4ccc(F)cc4)CC3)c2c1. The second-order valence-corrected chi connectivity index (χ2v) is 8.51. The van der Waals surface area contributed by atoms with Crippen LogP contribution >= 0.6 is 11.6 Å². The number of fused-ring (bicyclic) bond motifs is 1. The third-order valence-corrected chi connectivity index (χ3v) is 6.52. The molecule has 6 heteroatoms. The van der Waals surface area contributed by atoms with E-state index in [9.17, 15) is 9.18 Å². The van der Waals surface area contributed by atoms with E-state index in [0.717, 1.165) is 66.2 Å². The van der Waals surface area contributed by atoms with Gasteiger partial charge in [0, 0.05) is 49.4 Å². The molecule has 158 valence electrons. The van der Waals surface area contributed by atoms with Gasteiger partial charge in [0.2, 0.25) is 5.91 Å². The first-order valence-electron chi connectivity index (χ1n) is 10.5. The van der Waals surface area contributed by atoms with E-state index in [-0.39, 0.29) is 11.7 Å². The largest absolute Gasteiger partial charge is 0.340 e. The summed E-state index contributed by atoms with van der Waals surface area (Å²) in [6.45, 7) is 6.61. The molecular formula is C24H27ClFN3O. The molecule has 1 N–H and O–H groups in total. The van der Waals surface area contributed by atoms with E-state index in [4.69, 9.17) is 11.6 Å². The molecule has 1 fully saturated rings. The number of amides is 1. The fourth-order valence-corrected chi connectivity index (χ4v) is 4.74. The van der Waals surface area contributed by atoms with Gasteiger partial charge in [0.15, 0.2) is 0 Å². The van der Waals surface area contributed by atoms with Gasteiger partial charge >= 0.3 is 0 Å². The highest BCUT2D eigenvalue weighted by molar-refractivity contribution is 6.36. The van der Waals surface area contributed by atoms with Crippen molar-refractivity contribution in [1.29, 1.82) is 0 Å². The Morgan fingerprint density at radius 3 is 2.53 bits per heavy atom. The summed E-state index contributed by atoms with van der Waals surface area (Å²) in [7, 11) is 0. The predicted octanol–water partition coefficient (Wildman–Crippen LogP) is 5.58. The number of carbonyl (C=O) groups is 1. The van der Waals surface area contributed by atoms with Crippen LogP contribution in [0.4, 0.5) is 10.1 Å². The summed E-state index contributed by atoms with van der Waals surface area (Å²) >= 11 is 6.64. The van der Waals surface area contributed by atoms with Crippen LogP contribution in [0.3, 0.4) is 0 Å². The summed E-state index contributed by atoms with van der Waals surface area (Å²) in [6, 6.07) is 13.1. The van der Waals surface area contributed by atoms with Crippen LogP contribution < -0.4 is 5.32 Å². The van der Waals surface area contributed by atoms with E-state index in [1.54, 1.807) is 0 Å². The lowest BCUT2D eigenvalue weighted by Crippen LogP contribution is -2.36. The molecule has 1 aromatic heterocycles. The molecule has 2 aromatic carbocycles. The fourth-order valence-electron chi connectivity index (χ4n) is 4.49. The number of rotatable bonds is 5. The number of piperidine rings is 1. The molecule has 1 aliphatic rings. The molecule has 4 rings (SSSR count). The number of likely N-dealkylation sites (tertiary alicyclic amines) is 1. The number of carbonyl (C=O) groups excluding carboxylic acids is 1. The van der Waals surface area contributed by atoms with Gasteiger partial charge in [-0.05, 0) is 62.1 Å². The number of nitrogens with zero attached hydrogens (tertiary/aromatic N) is 2. The molecular weight excluding hydrogens is 401 g/mol. The molecule has 30 heavy (non-hydrogen) atoms. The van der Waals surface area contributed by atoms with Crippen LogP contribution in [0.15, 0.2) is 42.5 Å². The fraction of sp³-hybridized carbons (Fsp3) is 0.375. The smallest absolute Gasteiger partial charge is 0.221 e. The van der Waals surface area contributed by atoms with Gasteiger partial charge in [-0.3, -0.25) is 4.79 Å². The quantitative estimate of drug-likeness (QED) is 0.577. The van der Waals surface area contributed by atoms with Gasteiger partial charge in [0.1, 0.15) is 5.82 Å². The second kappa shape index (κ2) is 8.78. The molecule has 2 heterocycles. The Morgan fingerprint density at radius 1 is 1.17 bits per heavy atom. The highest BCUT2D eigenvalue weighted by Crippen LogP contribution is 2.37. The van der Waals surface area contributed by atoms with Gasteiger partial charge < -0.3 is 14.8 Å². The van der Waals surface area contributed by atoms with E-state index < -0.39 is 0 Å². The number of aromatic nitrogens is 1. The van der Waals surface area contributed by atoms with Crippen molar-refractivity contribution in [1.82, 2.24) is 9.47 Å². The summed E-state index contributed by atoms with van der Waals surface area (Å²) in [5.74, 6) is -0.265. The summed E-state index contributed by atoms with van der Waals surface area (Å²) in [6.07, 6.45) is 3.03. The zero-order chi connectivity index (χ0) is 21.3. The molecule has 4 nitrogen and oxygen atoms in total. The zero-order valence-corrected chi connectivity index (χ0v) is 18.2. The van der Waals surface area contributed by atoms with Gasteiger partial charge in [-0.25, -0.2) is 4.39 Å². The average Bonchev–Trinajstić information content (AvgIpc) is 2.97. The molecule has 0 spiro atoms. The monoisotopic (exact) mass is 427 g/mol. The van der Waals surface area contributed by atoms with E-state index in [1.165, 1.54) is 24.6 Å². The van der Waals surface area contributed by atoms with Crippen molar-refractivity contribution in [2.75, 3.05) is 25.0 Å². The van der Waals surface area contributed by atoms with Crippen LogP contribution in [0.2, 0.25) is 5.02 Å². The van der Waals surface area contributed by atoms with Crippen molar-refractivity contribution in [2.45, 2.75) is 39.2 Å². The van der Waals surface area contributed by atoms with E-state index in [1.807, 2.05) is 30.3 Å². The first kappa shape index (κ1) is 20.9. The minimum Gasteiger partial charge on any atom is -0.340 e. The number of nitrogens with one attached hydrogen (secondary N) is 1. The van der Waals surface area contributed by atoms with Crippen molar-refractivity contribution >= 4 is 34.1 Å². The van der Waals surface area contributed by atoms with Gasteiger partial charge in [-0.15, -0.1) is 0 Å².